The SMILES string of the molecule is CC1(CC2CCC2)CCNCC1. The van der Waals surface area contributed by atoms with Crippen molar-refractivity contribution in [1.29, 1.82) is 0 Å². The second-order valence-corrected chi connectivity index (χ2v) is 5.06. The van der Waals surface area contributed by atoms with Crippen molar-refractivity contribution in [2.45, 2.75) is 45.4 Å². The fourth-order valence-corrected chi connectivity index (χ4v) is 2.63. The summed E-state index contributed by atoms with van der Waals surface area (Å²) in [4.78, 5) is 0. The van der Waals surface area contributed by atoms with Crippen LogP contribution in [0.1, 0.15) is 45.4 Å². The Morgan fingerprint density at radius 3 is 2.42 bits per heavy atom. The molecule has 0 aromatic heterocycles. The maximum atomic E-state index is 3.45. The largest absolute Gasteiger partial charge is 0.317 e. The Morgan fingerprint density at radius 1 is 1.25 bits per heavy atom. The molecular formula is C11H21N. The zero-order valence-electron chi connectivity index (χ0n) is 8.23. The number of rotatable bonds is 2. The minimum Gasteiger partial charge on any atom is -0.317 e. The molecule has 0 amide bonds. The molecule has 1 N–H and O–H groups in total. The van der Waals surface area contributed by atoms with Crippen molar-refractivity contribution in [3.8, 4) is 0 Å². The van der Waals surface area contributed by atoms with E-state index in [4.69, 9.17) is 0 Å². The number of hydrogen-bond acceptors (Lipinski definition) is 1. The van der Waals surface area contributed by atoms with E-state index in [1.54, 1.807) is 0 Å². The van der Waals surface area contributed by atoms with Gasteiger partial charge in [0.15, 0.2) is 0 Å². The first-order valence-electron chi connectivity index (χ1n) is 5.49. The molecule has 1 saturated heterocycles. The molecule has 1 aliphatic heterocycles. The summed E-state index contributed by atoms with van der Waals surface area (Å²) >= 11 is 0. The number of nitrogens with one attached hydrogen (secondary N) is 1. The van der Waals surface area contributed by atoms with Gasteiger partial charge in [-0.25, -0.2) is 0 Å². The molecule has 1 aliphatic carbocycles. The topological polar surface area (TPSA) is 12.0 Å². The van der Waals surface area contributed by atoms with E-state index < -0.39 is 0 Å². The maximum absolute atomic E-state index is 3.45. The molecule has 2 fully saturated rings. The lowest BCUT2D eigenvalue weighted by Crippen LogP contribution is -2.36. The normalized spacial score (nSPS) is 29.8. The van der Waals surface area contributed by atoms with Crippen LogP contribution >= 0.6 is 0 Å². The summed E-state index contributed by atoms with van der Waals surface area (Å²) in [5.41, 5.74) is 0.691. The van der Waals surface area contributed by atoms with E-state index in [0.717, 1.165) is 5.92 Å². The first kappa shape index (κ1) is 8.55. The fourth-order valence-electron chi connectivity index (χ4n) is 2.63. The highest BCUT2D eigenvalue weighted by Gasteiger charge is 2.31. The van der Waals surface area contributed by atoms with Gasteiger partial charge in [-0.2, -0.15) is 0 Å². The summed E-state index contributed by atoms with van der Waals surface area (Å²) in [5.74, 6) is 1.09. The Labute approximate surface area is 75.9 Å². The standard InChI is InChI=1S/C11H21N/c1-11(5-7-12-8-6-11)9-10-3-2-4-10/h10,12H,2-9H2,1H3. The van der Waals surface area contributed by atoms with Crippen LogP contribution in [0.15, 0.2) is 0 Å². The van der Waals surface area contributed by atoms with Crippen LogP contribution in [0, 0.1) is 11.3 Å². The number of hydrogen-bond donors (Lipinski definition) is 1. The third-order valence-electron chi connectivity index (χ3n) is 3.82. The van der Waals surface area contributed by atoms with Gasteiger partial charge in [0, 0.05) is 0 Å². The average molecular weight is 167 g/mol. The third-order valence-corrected chi connectivity index (χ3v) is 3.82. The molecule has 2 aliphatic rings. The molecule has 2 rings (SSSR count). The van der Waals surface area contributed by atoms with Crippen LogP contribution in [0.2, 0.25) is 0 Å². The molecule has 0 unspecified atom stereocenters. The van der Waals surface area contributed by atoms with E-state index in [2.05, 4.69) is 12.2 Å². The summed E-state index contributed by atoms with van der Waals surface area (Å²) in [5, 5.41) is 3.45. The first-order chi connectivity index (χ1) is 5.79. The van der Waals surface area contributed by atoms with Gasteiger partial charge < -0.3 is 5.32 Å². The molecule has 0 radical (unpaired) electrons. The van der Waals surface area contributed by atoms with Crippen LogP contribution in [0.5, 0.6) is 0 Å². The van der Waals surface area contributed by atoms with Crippen LogP contribution in [0.3, 0.4) is 0 Å². The van der Waals surface area contributed by atoms with Gasteiger partial charge in [-0.3, -0.25) is 0 Å². The molecule has 1 nitrogen and oxygen atoms in total. The molecule has 70 valence electrons. The van der Waals surface area contributed by atoms with Crippen LogP contribution in [0.4, 0.5) is 0 Å². The van der Waals surface area contributed by atoms with Crippen molar-refractivity contribution in [3.63, 3.8) is 0 Å². The zero-order valence-corrected chi connectivity index (χ0v) is 8.23. The van der Waals surface area contributed by atoms with Gasteiger partial charge in [0.1, 0.15) is 0 Å². The molecular weight excluding hydrogens is 146 g/mol. The second-order valence-electron chi connectivity index (χ2n) is 5.06. The van der Waals surface area contributed by atoms with Gasteiger partial charge in [0.25, 0.3) is 0 Å². The maximum Gasteiger partial charge on any atom is -0.00437 e. The van der Waals surface area contributed by atoms with Crippen molar-refractivity contribution >= 4 is 0 Å². The number of piperidine rings is 1. The van der Waals surface area contributed by atoms with E-state index in [-0.39, 0.29) is 0 Å². The van der Waals surface area contributed by atoms with Crippen LogP contribution in [-0.2, 0) is 0 Å². The van der Waals surface area contributed by atoms with Crippen molar-refractivity contribution in [2.24, 2.45) is 11.3 Å². The molecule has 1 heteroatoms. The molecule has 12 heavy (non-hydrogen) atoms. The molecule has 0 spiro atoms. The van der Waals surface area contributed by atoms with Crippen LogP contribution in [-0.4, -0.2) is 13.1 Å². The molecule has 1 saturated carbocycles. The van der Waals surface area contributed by atoms with Crippen molar-refractivity contribution in [2.75, 3.05) is 13.1 Å². The Balaban J connectivity index is 1.81. The highest BCUT2D eigenvalue weighted by Crippen LogP contribution is 2.41. The average Bonchev–Trinajstić information content (AvgIpc) is 1.99. The molecule has 0 bridgehead atoms. The Hall–Kier alpha value is -0.0400. The van der Waals surface area contributed by atoms with Gasteiger partial charge in [-0.05, 0) is 43.7 Å². The van der Waals surface area contributed by atoms with Crippen molar-refractivity contribution in [3.05, 3.63) is 0 Å². The lowest BCUT2D eigenvalue weighted by atomic mass is 9.69. The van der Waals surface area contributed by atoms with Crippen molar-refractivity contribution < 1.29 is 0 Å². The fraction of sp³-hybridized carbons (Fsp3) is 1.00. The zero-order chi connectivity index (χ0) is 8.44. The summed E-state index contributed by atoms with van der Waals surface area (Å²) in [6, 6.07) is 0. The molecule has 1 heterocycles. The molecule has 0 aromatic carbocycles. The van der Waals surface area contributed by atoms with E-state index in [0.29, 0.717) is 5.41 Å². The third kappa shape index (κ3) is 1.82. The second kappa shape index (κ2) is 3.37. The quantitative estimate of drug-likeness (QED) is 0.666. The Bertz CT molecular complexity index is 143. The van der Waals surface area contributed by atoms with Crippen molar-refractivity contribution in [1.82, 2.24) is 5.32 Å². The summed E-state index contributed by atoms with van der Waals surface area (Å²) < 4.78 is 0. The summed E-state index contributed by atoms with van der Waals surface area (Å²) in [7, 11) is 0. The summed E-state index contributed by atoms with van der Waals surface area (Å²) in [6.45, 7) is 5.00. The highest BCUT2D eigenvalue weighted by molar-refractivity contribution is 4.85. The molecule has 0 aromatic rings. The molecule has 0 atom stereocenters. The van der Waals surface area contributed by atoms with E-state index in [1.807, 2.05) is 0 Å². The first-order valence-corrected chi connectivity index (χ1v) is 5.49. The predicted octanol–water partition coefficient (Wildman–Crippen LogP) is 2.57. The van der Waals surface area contributed by atoms with E-state index in [1.165, 1.54) is 51.6 Å². The highest BCUT2D eigenvalue weighted by atomic mass is 14.9. The van der Waals surface area contributed by atoms with E-state index in [9.17, 15) is 0 Å². The smallest absolute Gasteiger partial charge is 0.00437 e. The van der Waals surface area contributed by atoms with Gasteiger partial charge in [0.2, 0.25) is 0 Å². The lowest BCUT2D eigenvalue weighted by molar-refractivity contribution is 0.136. The minimum absolute atomic E-state index is 0.691. The summed E-state index contributed by atoms with van der Waals surface area (Å²) in [6.07, 6.45) is 8.85. The van der Waals surface area contributed by atoms with Crippen LogP contribution < -0.4 is 5.32 Å². The van der Waals surface area contributed by atoms with E-state index >= 15 is 0 Å². The monoisotopic (exact) mass is 167 g/mol. The lowest BCUT2D eigenvalue weighted by Gasteiger charge is -2.39. The van der Waals surface area contributed by atoms with Gasteiger partial charge in [-0.1, -0.05) is 26.2 Å². The van der Waals surface area contributed by atoms with Gasteiger partial charge in [-0.15, -0.1) is 0 Å². The van der Waals surface area contributed by atoms with Gasteiger partial charge >= 0.3 is 0 Å². The minimum atomic E-state index is 0.691. The Morgan fingerprint density at radius 2 is 1.92 bits per heavy atom. The van der Waals surface area contributed by atoms with Crippen LogP contribution in [0.25, 0.3) is 0 Å². The Kier molecular flexibility index (Phi) is 2.40. The van der Waals surface area contributed by atoms with Gasteiger partial charge in [0.05, 0.1) is 0 Å². The predicted molar refractivity (Wildman–Crippen MR) is 52.2 cm³/mol.